The molecule has 0 spiro atoms. The van der Waals surface area contributed by atoms with Crippen LogP contribution in [0.5, 0.6) is 0 Å². The Morgan fingerprint density at radius 2 is 1.57 bits per heavy atom. The zero-order chi connectivity index (χ0) is 19.9. The van der Waals surface area contributed by atoms with E-state index in [2.05, 4.69) is 60.8 Å². The molecule has 0 aliphatic carbocycles. The number of benzene rings is 3. The Morgan fingerprint density at radius 3 is 2.21 bits per heavy atom. The Hall–Kier alpha value is -1.45. The van der Waals surface area contributed by atoms with Gasteiger partial charge in [0, 0.05) is 21.0 Å². The Labute approximate surface area is 182 Å². The molecule has 3 aromatic carbocycles. The van der Waals surface area contributed by atoms with Gasteiger partial charge in [0.1, 0.15) is 0 Å². The summed E-state index contributed by atoms with van der Waals surface area (Å²) in [6.07, 6.45) is 0. The molecule has 3 rings (SSSR count). The standard InChI is InChI=1S/C24H25Cl2NS/c1-17(15-27-2)24(28-16-21-12-13-22(25)14-23(21)26)20-10-8-19(9-11-20)18-6-4-3-5-7-18/h3-14,17,24,27H,15-16H2,1-2H3. The van der Waals surface area contributed by atoms with Gasteiger partial charge in [0.05, 0.1) is 0 Å². The number of thioether (sulfide) groups is 1. The normalized spacial score (nSPS) is 13.3. The summed E-state index contributed by atoms with van der Waals surface area (Å²) < 4.78 is 0. The topological polar surface area (TPSA) is 12.0 Å². The zero-order valence-corrected chi connectivity index (χ0v) is 18.5. The van der Waals surface area contributed by atoms with E-state index >= 15 is 0 Å². The van der Waals surface area contributed by atoms with Gasteiger partial charge in [-0.05, 0) is 53.9 Å². The summed E-state index contributed by atoms with van der Waals surface area (Å²) in [5.74, 6) is 1.35. The summed E-state index contributed by atoms with van der Waals surface area (Å²) in [5.41, 5.74) is 4.96. The van der Waals surface area contributed by atoms with E-state index < -0.39 is 0 Å². The second-order valence-corrected chi connectivity index (χ2v) is 8.96. The molecule has 2 unspecified atom stereocenters. The Balaban J connectivity index is 1.79. The van der Waals surface area contributed by atoms with E-state index in [0.29, 0.717) is 16.2 Å². The lowest BCUT2D eigenvalue weighted by molar-refractivity contribution is 0.532. The molecule has 4 heteroatoms. The fourth-order valence-electron chi connectivity index (χ4n) is 3.33. The van der Waals surface area contributed by atoms with E-state index in [1.54, 1.807) is 0 Å². The summed E-state index contributed by atoms with van der Waals surface area (Å²) in [6, 6.07) is 25.2. The minimum absolute atomic E-state index is 0.379. The van der Waals surface area contributed by atoms with Crippen LogP contribution in [-0.2, 0) is 5.75 Å². The molecule has 0 saturated carbocycles. The Bertz CT molecular complexity index is 881. The van der Waals surface area contributed by atoms with E-state index in [1.165, 1.54) is 16.7 Å². The van der Waals surface area contributed by atoms with Crippen molar-refractivity contribution in [3.8, 4) is 11.1 Å². The van der Waals surface area contributed by atoms with Gasteiger partial charge in [-0.3, -0.25) is 0 Å². The van der Waals surface area contributed by atoms with Crippen LogP contribution in [0.25, 0.3) is 11.1 Å². The molecule has 1 nitrogen and oxygen atoms in total. The summed E-state index contributed by atoms with van der Waals surface area (Å²) in [7, 11) is 2.01. The van der Waals surface area contributed by atoms with Crippen molar-refractivity contribution in [2.75, 3.05) is 13.6 Å². The third-order valence-electron chi connectivity index (χ3n) is 4.82. The van der Waals surface area contributed by atoms with Crippen molar-refractivity contribution in [3.05, 3.63) is 94.0 Å². The van der Waals surface area contributed by atoms with Gasteiger partial charge >= 0.3 is 0 Å². The highest BCUT2D eigenvalue weighted by atomic mass is 35.5. The van der Waals surface area contributed by atoms with Gasteiger partial charge in [0.15, 0.2) is 0 Å². The van der Waals surface area contributed by atoms with Crippen LogP contribution in [0.4, 0.5) is 0 Å². The largest absolute Gasteiger partial charge is 0.319 e. The first-order valence-corrected chi connectivity index (χ1v) is 11.2. The third kappa shape index (κ3) is 5.55. The smallest absolute Gasteiger partial charge is 0.0461 e. The highest BCUT2D eigenvalue weighted by molar-refractivity contribution is 7.98. The molecule has 0 heterocycles. The van der Waals surface area contributed by atoms with Crippen molar-refractivity contribution in [2.45, 2.75) is 17.9 Å². The molecule has 1 N–H and O–H groups in total. The molecule has 0 amide bonds. The molecule has 0 fully saturated rings. The fraction of sp³-hybridized carbons (Fsp3) is 0.250. The average Bonchev–Trinajstić information content (AvgIpc) is 2.71. The molecule has 146 valence electrons. The molecule has 0 aliphatic rings. The van der Waals surface area contributed by atoms with E-state index in [-0.39, 0.29) is 0 Å². The van der Waals surface area contributed by atoms with Gasteiger partial charge in [-0.25, -0.2) is 0 Å². The highest BCUT2D eigenvalue weighted by Gasteiger charge is 2.20. The van der Waals surface area contributed by atoms with E-state index in [4.69, 9.17) is 23.2 Å². The first kappa shape index (κ1) is 21.3. The van der Waals surface area contributed by atoms with Crippen LogP contribution in [0.2, 0.25) is 10.0 Å². The van der Waals surface area contributed by atoms with Crippen molar-refractivity contribution >= 4 is 35.0 Å². The SMILES string of the molecule is CNCC(C)C(SCc1ccc(Cl)cc1Cl)c1ccc(-c2ccccc2)cc1. The molecular weight excluding hydrogens is 405 g/mol. The van der Waals surface area contributed by atoms with Crippen LogP contribution in [0.15, 0.2) is 72.8 Å². The predicted octanol–water partition coefficient (Wildman–Crippen LogP) is 7.49. The molecular formula is C24H25Cl2NS. The quantitative estimate of drug-likeness (QED) is 0.397. The van der Waals surface area contributed by atoms with Crippen LogP contribution in [0, 0.1) is 5.92 Å². The Morgan fingerprint density at radius 1 is 0.893 bits per heavy atom. The first-order chi connectivity index (χ1) is 13.6. The summed E-state index contributed by atoms with van der Waals surface area (Å²) in [4.78, 5) is 0. The lowest BCUT2D eigenvalue weighted by Gasteiger charge is -2.24. The molecule has 0 radical (unpaired) electrons. The van der Waals surface area contributed by atoms with Gasteiger partial charge < -0.3 is 5.32 Å². The van der Waals surface area contributed by atoms with Crippen molar-refractivity contribution in [3.63, 3.8) is 0 Å². The molecule has 2 atom stereocenters. The highest BCUT2D eigenvalue weighted by Crippen LogP contribution is 2.39. The average molecular weight is 430 g/mol. The van der Waals surface area contributed by atoms with Crippen LogP contribution in [0.3, 0.4) is 0 Å². The van der Waals surface area contributed by atoms with Gasteiger partial charge in [-0.15, -0.1) is 11.8 Å². The lowest BCUT2D eigenvalue weighted by atomic mass is 9.97. The predicted molar refractivity (Wildman–Crippen MR) is 125 cm³/mol. The van der Waals surface area contributed by atoms with Crippen molar-refractivity contribution in [1.82, 2.24) is 5.32 Å². The molecule has 0 aliphatic heterocycles. The molecule has 0 bridgehead atoms. The van der Waals surface area contributed by atoms with Crippen LogP contribution >= 0.6 is 35.0 Å². The second-order valence-electron chi connectivity index (χ2n) is 6.99. The third-order valence-corrected chi connectivity index (χ3v) is 6.98. The van der Waals surface area contributed by atoms with Crippen molar-refractivity contribution < 1.29 is 0 Å². The van der Waals surface area contributed by atoms with E-state index in [1.807, 2.05) is 43.1 Å². The maximum absolute atomic E-state index is 6.38. The zero-order valence-electron chi connectivity index (χ0n) is 16.2. The van der Waals surface area contributed by atoms with E-state index in [0.717, 1.165) is 22.9 Å². The minimum atomic E-state index is 0.379. The molecule has 3 aromatic rings. The first-order valence-electron chi connectivity index (χ1n) is 9.44. The fourth-order valence-corrected chi connectivity index (χ4v) is 5.27. The Kier molecular flexibility index (Phi) is 7.87. The van der Waals surface area contributed by atoms with Crippen molar-refractivity contribution in [2.24, 2.45) is 5.92 Å². The summed E-state index contributed by atoms with van der Waals surface area (Å²) >= 11 is 14.3. The maximum Gasteiger partial charge on any atom is 0.0461 e. The van der Waals surface area contributed by atoms with Gasteiger partial charge in [-0.1, -0.05) is 90.8 Å². The van der Waals surface area contributed by atoms with Crippen LogP contribution < -0.4 is 5.32 Å². The van der Waals surface area contributed by atoms with Crippen molar-refractivity contribution in [1.29, 1.82) is 0 Å². The molecule has 0 aromatic heterocycles. The second kappa shape index (κ2) is 10.4. The van der Waals surface area contributed by atoms with Gasteiger partial charge in [0.2, 0.25) is 0 Å². The van der Waals surface area contributed by atoms with Gasteiger partial charge in [-0.2, -0.15) is 0 Å². The number of hydrogen-bond acceptors (Lipinski definition) is 2. The van der Waals surface area contributed by atoms with Crippen LogP contribution in [-0.4, -0.2) is 13.6 Å². The molecule has 0 saturated heterocycles. The lowest BCUT2D eigenvalue weighted by Crippen LogP contribution is -2.21. The number of rotatable bonds is 8. The summed E-state index contributed by atoms with van der Waals surface area (Å²) in [5, 5.41) is 5.11. The number of nitrogens with one attached hydrogen (secondary N) is 1. The number of halogens is 2. The van der Waals surface area contributed by atoms with E-state index in [9.17, 15) is 0 Å². The minimum Gasteiger partial charge on any atom is -0.319 e. The number of hydrogen-bond donors (Lipinski definition) is 1. The van der Waals surface area contributed by atoms with Crippen LogP contribution in [0.1, 0.15) is 23.3 Å². The maximum atomic E-state index is 6.38. The summed E-state index contributed by atoms with van der Waals surface area (Å²) in [6.45, 7) is 3.26. The molecule has 28 heavy (non-hydrogen) atoms. The van der Waals surface area contributed by atoms with Gasteiger partial charge in [0.25, 0.3) is 0 Å². The monoisotopic (exact) mass is 429 g/mol.